The first-order valence-corrected chi connectivity index (χ1v) is 7.81. The Morgan fingerprint density at radius 3 is 2.50 bits per heavy atom. The highest BCUT2D eigenvalue weighted by atomic mass is 35.5. The van der Waals surface area contributed by atoms with Gasteiger partial charge in [0.05, 0.1) is 5.69 Å². The molecule has 104 valence electrons. The topological polar surface area (TPSA) is 24.4 Å². The smallest absolute Gasteiger partial charge is 0.0591 e. The maximum Gasteiger partial charge on any atom is 0.0591 e. The molecule has 0 unspecified atom stereocenters. The molecule has 1 N–H and O–H groups in total. The van der Waals surface area contributed by atoms with Gasteiger partial charge in [0.25, 0.3) is 0 Å². The molecular formula is C15H14Cl2N2S. The summed E-state index contributed by atoms with van der Waals surface area (Å²) < 4.78 is 0. The van der Waals surface area contributed by atoms with Crippen molar-refractivity contribution in [1.82, 2.24) is 0 Å². The lowest BCUT2D eigenvalue weighted by Gasteiger charge is -2.04. The van der Waals surface area contributed by atoms with Crippen LogP contribution in [0.15, 0.2) is 52.5 Å². The number of thioether (sulfide) groups is 1. The molecule has 0 saturated carbocycles. The zero-order chi connectivity index (χ0) is 14.4. The minimum absolute atomic E-state index is 0.732. The number of anilines is 1. The van der Waals surface area contributed by atoms with Crippen LogP contribution >= 0.6 is 35.0 Å². The van der Waals surface area contributed by atoms with Gasteiger partial charge in [-0.25, -0.2) is 0 Å². The fourth-order valence-electron chi connectivity index (χ4n) is 1.57. The molecule has 0 aliphatic heterocycles. The summed E-state index contributed by atoms with van der Waals surface area (Å²) in [6, 6.07) is 13.4. The first kappa shape index (κ1) is 15.2. The molecule has 0 aliphatic carbocycles. The highest BCUT2D eigenvalue weighted by Crippen LogP contribution is 2.20. The Kier molecular flexibility index (Phi) is 5.77. The SMILES string of the molecule is Cc1cc(Cl)ccc1N/N=C/CSc1ccc(Cl)cc1. The van der Waals surface area contributed by atoms with Crippen LogP contribution in [0.3, 0.4) is 0 Å². The van der Waals surface area contributed by atoms with Gasteiger partial charge in [-0.15, -0.1) is 11.8 Å². The third-order valence-corrected chi connectivity index (χ3v) is 4.01. The van der Waals surface area contributed by atoms with Crippen LogP contribution < -0.4 is 5.43 Å². The summed E-state index contributed by atoms with van der Waals surface area (Å²) >= 11 is 13.4. The van der Waals surface area contributed by atoms with Crippen molar-refractivity contribution in [2.75, 3.05) is 11.2 Å². The molecule has 20 heavy (non-hydrogen) atoms. The summed E-state index contributed by atoms with van der Waals surface area (Å²) in [5, 5.41) is 5.68. The van der Waals surface area contributed by atoms with Crippen LogP contribution in [0.4, 0.5) is 5.69 Å². The zero-order valence-corrected chi connectivity index (χ0v) is 13.3. The van der Waals surface area contributed by atoms with E-state index in [0.717, 1.165) is 27.0 Å². The largest absolute Gasteiger partial charge is 0.279 e. The normalized spacial score (nSPS) is 10.9. The van der Waals surface area contributed by atoms with Crippen molar-refractivity contribution in [3.05, 3.63) is 58.1 Å². The average Bonchev–Trinajstić information content (AvgIpc) is 2.42. The fourth-order valence-corrected chi connectivity index (χ4v) is 2.59. The molecule has 0 heterocycles. The van der Waals surface area contributed by atoms with Gasteiger partial charge in [-0.3, -0.25) is 5.43 Å². The Bertz CT molecular complexity index is 597. The lowest BCUT2D eigenvalue weighted by molar-refractivity contribution is 1.31. The standard InChI is InChI=1S/C15H14Cl2N2S/c1-11-10-13(17)4-7-15(11)19-18-8-9-20-14-5-2-12(16)3-6-14/h2-8,10,19H,9H2,1H3/b18-8+. The highest BCUT2D eigenvalue weighted by molar-refractivity contribution is 7.99. The molecule has 2 nitrogen and oxygen atoms in total. The van der Waals surface area contributed by atoms with E-state index in [1.165, 1.54) is 4.90 Å². The van der Waals surface area contributed by atoms with Gasteiger partial charge in [-0.1, -0.05) is 23.2 Å². The Morgan fingerprint density at radius 2 is 1.80 bits per heavy atom. The van der Waals surface area contributed by atoms with Crippen molar-refractivity contribution in [2.45, 2.75) is 11.8 Å². The Balaban J connectivity index is 1.80. The van der Waals surface area contributed by atoms with Crippen LogP contribution in [-0.2, 0) is 0 Å². The van der Waals surface area contributed by atoms with Gasteiger partial charge in [0.15, 0.2) is 0 Å². The van der Waals surface area contributed by atoms with Crippen LogP contribution in [0, 0.1) is 6.92 Å². The molecule has 2 rings (SSSR count). The molecule has 0 saturated heterocycles. The molecule has 2 aromatic rings. The molecule has 0 aromatic heterocycles. The van der Waals surface area contributed by atoms with E-state index in [4.69, 9.17) is 23.2 Å². The maximum absolute atomic E-state index is 5.90. The van der Waals surface area contributed by atoms with Crippen molar-refractivity contribution >= 4 is 46.9 Å². The summed E-state index contributed by atoms with van der Waals surface area (Å²) in [6.07, 6.45) is 1.84. The van der Waals surface area contributed by atoms with E-state index in [1.54, 1.807) is 11.8 Å². The summed E-state index contributed by atoms with van der Waals surface area (Å²) in [5.41, 5.74) is 5.04. The molecule has 0 fully saturated rings. The first-order valence-electron chi connectivity index (χ1n) is 6.07. The molecule has 5 heteroatoms. The second-order valence-electron chi connectivity index (χ2n) is 4.15. The summed E-state index contributed by atoms with van der Waals surface area (Å²) in [7, 11) is 0. The summed E-state index contributed by atoms with van der Waals surface area (Å²) in [4.78, 5) is 1.17. The van der Waals surface area contributed by atoms with Crippen LogP contribution in [0.1, 0.15) is 5.56 Å². The van der Waals surface area contributed by atoms with Gasteiger partial charge in [0.1, 0.15) is 0 Å². The molecule has 0 spiro atoms. The van der Waals surface area contributed by atoms with Crippen molar-refractivity contribution in [2.24, 2.45) is 5.10 Å². The van der Waals surface area contributed by atoms with Crippen LogP contribution in [0.2, 0.25) is 10.0 Å². The molecule has 0 bridgehead atoms. The van der Waals surface area contributed by atoms with E-state index < -0.39 is 0 Å². The molecule has 0 aliphatic rings. The summed E-state index contributed by atoms with van der Waals surface area (Å²) in [6.45, 7) is 1.99. The third-order valence-electron chi connectivity index (χ3n) is 2.60. The van der Waals surface area contributed by atoms with Gasteiger partial charge in [0, 0.05) is 26.9 Å². The lowest BCUT2D eigenvalue weighted by atomic mass is 10.2. The third kappa shape index (κ3) is 4.75. The zero-order valence-electron chi connectivity index (χ0n) is 10.9. The first-order chi connectivity index (χ1) is 9.65. The molecular weight excluding hydrogens is 311 g/mol. The number of rotatable bonds is 5. The van der Waals surface area contributed by atoms with E-state index in [-0.39, 0.29) is 0 Å². The monoisotopic (exact) mass is 324 g/mol. The molecule has 0 radical (unpaired) electrons. The van der Waals surface area contributed by atoms with E-state index in [2.05, 4.69) is 10.5 Å². The van der Waals surface area contributed by atoms with Gasteiger partial charge >= 0.3 is 0 Å². The van der Waals surface area contributed by atoms with Gasteiger partial charge in [-0.2, -0.15) is 5.10 Å². The number of hydrogen-bond acceptors (Lipinski definition) is 3. The number of hydrogen-bond donors (Lipinski definition) is 1. The number of halogens is 2. The lowest BCUT2D eigenvalue weighted by Crippen LogP contribution is -1.93. The fraction of sp³-hybridized carbons (Fsp3) is 0.133. The Hall–Kier alpha value is -1.16. The van der Waals surface area contributed by atoms with Crippen molar-refractivity contribution in [1.29, 1.82) is 0 Å². The number of aryl methyl sites for hydroxylation is 1. The number of benzene rings is 2. The summed E-state index contributed by atoms with van der Waals surface area (Å²) in [5.74, 6) is 0.793. The second-order valence-corrected chi connectivity index (χ2v) is 6.11. The van der Waals surface area contributed by atoms with E-state index in [9.17, 15) is 0 Å². The van der Waals surface area contributed by atoms with Crippen LogP contribution in [-0.4, -0.2) is 12.0 Å². The van der Waals surface area contributed by atoms with Gasteiger partial charge in [-0.05, 0) is 55.0 Å². The number of hydrazone groups is 1. The van der Waals surface area contributed by atoms with Crippen LogP contribution in [0.5, 0.6) is 0 Å². The predicted octanol–water partition coefficient (Wildman–Crippen LogP) is 5.49. The number of nitrogens with one attached hydrogen (secondary N) is 1. The van der Waals surface area contributed by atoms with Crippen LogP contribution in [0.25, 0.3) is 0 Å². The Labute approximate surface area is 133 Å². The van der Waals surface area contributed by atoms with E-state index >= 15 is 0 Å². The van der Waals surface area contributed by atoms with Crippen molar-refractivity contribution in [3.63, 3.8) is 0 Å². The quantitative estimate of drug-likeness (QED) is 0.446. The Morgan fingerprint density at radius 1 is 1.10 bits per heavy atom. The molecule has 0 amide bonds. The second kappa shape index (κ2) is 7.58. The maximum atomic E-state index is 5.90. The number of nitrogens with zero attached hydrogens (tertiary/aromatic N) is 1. The van der Waals surface area contributed by atoms with E-state index in [1.807, 2.05) is 55.6 Å². The molecule has 2 aromatic carbocycles. The minimum Gasteiger partial charge on any atom is -0.279 e. The van der Waals surface area contributed by atoms with Crippen molar-refractivity contribution in [3.8, 4) is 0 Å². The van der Waals surface area contributed by atoms with Gasteiger partial charge < -0.3 is 0 Å². The molecule has 0 atom stereocenters. The van der Waals surface area contributed by atoms with E-state index in [0.29, 0.717) is 0 Å². The van der Waals surface area contributed by atoms with Gasteiger partial charge in [0.2, 0.25) is 0 Å². The van der Waals surface area contributed by atoms with Crippen molar-refractivity contribution < 1.29 is 0 Å². The average molecular weight is 325 g/mol. The minimum atomic E-state index is 0.732. The highest BCUT2D eigenvalue weighted by Gasteiger charge is 1.97. The predicted molar refractivity (Wildman–Crippen MR) is 90.5 cm³/mol.